The fourth-order valence-electron chi connectivity index (χ4n) is 7.79. The maximum absolute atomic E-state index is 7.08. The summed E-state index contributed by atoms with van der Waals surface area (Å²) < 4.78 is 0. The molecule has 2 aliphatic carbocycles. The molecule has 1 atom stereocenters. The lowest BCUT2D eigenvalue weighted by atomic mass is 9.68. The molecule has 1 spiro atoms. The highest BCUT2D eigenvalue weighted by Gasteiger charge is 2.53. The molecule has 0 bridgehead atoms. The predicted octanol–water partition coefficient (Wildman–Crippen LogP) is 11.4. The normalized spacial score (nSPS) is 16.1. The van der Waals surface area contributed by atoms with Gasteiger partial charge < -0.3 is 0 Å². The summed E-state index contributed by atoms with van der Waals surface area (Å²) in [4.78, 5) is 0. The zero-order chi connectivity index (χ0) is 29.3. The minimum absolute atomic E-state index is 0.494. The van der Waals surface area contributed by atoms with Crippen LogP contribution >= 0.6 is 11.6 Å². The Balaban J connectivity index is 1.47. The molecule has 0 saturated heterocycles. The van der Waals surface area contributed by atoms with E-state index in [2.05, 4.69) is 164 Å². The van der Waals surface area contributed by atoms with Gasteiger partial charge in [-0.1, -0.05) is 145 Å². The van der Waals surface area contributed by atoms with Gasteiger partial charge in [-0.15, -0.1) is 0 Å². The van der Waals surface area contributed by atoms with E-state index in [-0.39, 0.29) is 0 Å². The number of hydrogen-bond acceptors (Lipinski definition) is 0. The second kappa shape index (κ2) is 9.67. The van der Waals surface area contributed by atoms with Crippen molar-refractivity contribution in [2.24, 2.45) is 0 Å². The summed E-state index contributed by atoms with van der Waals surface area (Å²) in [7, 11) is 0. The van der Waals surface area contributed by atoms with Crippen LogP contribution in [0.2, 0.25) is 5.02 Å². The fourth-order valence-corrected chi connectivity index (χ4v) is 8.01. The Kier molecular flexibility index (Phi) is 5.57. The van der Waals surface area contributed by atoms with Gasteiger partial charge in [0.2, 0.25) is 0 Å². The molecule has 1 unspecified atom stereocenters. The monoisotopic (exact) mass is 578 g/mol. The molecule has 0 N–H and O–H groups in total. The molecule has 206 valence electrons. The molecule has 0 nitrogen and oxygen atoms in total. The molecule has 0 fully saturated rings. The average molecular weight is 579 g/mol. The molecule has 2 aliphatic rings. The van der Waals surface area contributed by atoms with Crippen LogP contribution < -0.4 is 0 Å². The predicted molar refractivity (Wildman–Crippen MR) is 185 cm³/mol. The lowest BCUT2D eigenvalue weighted by molar-refractivity contribution is 0.792. The van der Waals surface area contributed by atoms with Crippen LogP contribution in [-0.2, 0) is 5.41 Å². The van der Waals surface area contributed by atoms with E-state index in [1.54, 1.807) is 0 Å². The van der Waals surface area contributed by atoms with Crippen LogP contribution in [-0.4, -0.2) is 0 Å². The minimum atomic E-state index is -0.494. The molecular weight excluding hydrogens is 552 g/mol. The fraction of sp³-hybridized carbons (Fsp3) is 0.0233. The van der Waals surface area contributed by atoms with E-state index in [0.717, 1.165) is 27.3 Å². The number of rotatable bonds is 3. The Morgan fingerprint density at radius 3 is 1.75 bits per heavy atom. The van der Waals surface area contributed by atoms with Crippen molar-refractivity contribution >= 4 is 34.0 Å². The second-order valence-corrected chi connectivity index (χ2v) is 12.2. The lowest BCUT2D eigenvalue weighted by Gasteiger charge is -2.33. The molecule has 9 rings (SSSR count). The van der Waals surface area contributed by atoms with Crippen LogP contribution in [0.4, 0.5) is 0 Å². The molecule has 0 radical (unpaired) electrons. The summed E-state index contributed by atoms with van der Waals surface area (Å²) in [6.45, 7) is 0. The van der Waals surface area contributed by atoms with Gasteiger partial charge in [-0.25, -0.2) is 0 Å². The van der Waals surface area contributed by atoms with E-state index >= 15 is 0 Å². The largest absolute Gasteiger partial charge is 0.0843 e. The van der Waals surface area contributed by atoms with Gasteiger partial charge in [0.1, 0.15) is 0 Å². The van der Waals surface area contributed by atoms with Gasteiger partial charge in [-0.3, -0.25) is 0 Å². The number of hydrogen-bond donors (Lipinski definition) is 0. The third-order valence-corrected chi connectivity index (χ3v) is 9.71. The maximum atomic E-state index is 7.08. The maximum Gasteiger partial charge on any atom is 0.0731 e. The summed E-state index contributed by atoms with van der Waals surface area (Å²) >= 11 is 7.08. The van der Waals surface area contributed by atoms with Crippen LogP contribution in [0, 0.1) is 0 Å². The second-order valence-electron chi connectivity index (χ2n) is 11.8. The first kappa shape index (κ1) is 25.3. The van der Waals surface area contributed by atoms with Crippen LogP contribution in [0.25, 0.3) is 44.7 Å². The summed E-state index contributed by atoms with van der Waals surface area (Å²) in [5.74, 6) is 0. The molecule has 0 aromatic heterocycles. The van der Waals surface area contributed by atoms with Crippen molar-refractivity contribution in [1.29, 1.82) is 0 Å². The summed E-state index contributed by atoms with van der Waals surface area (Å²) in [5, 5.41) is 3.25. The average Bonchev–Trinajstić information content (AvgIpc) is 3.53. The van der Waals surface area contributed by atoms with Crippen LogP contribution in [0.5, 0.6) is 0 Å². The zero-order valence-corrected chi connectivity index (χ0v) is 24.7. The van der Waals surface area contributed by atoms with Gasteiger partial charge >= 0.3 is 0 Å². The van der Waals surface area contributed by atoms with Gasteiger partial charge in [-0.2, -0.15) is 0 Å². The molecule has 0 amide bonds. The van der Waals surface area contributed by atoms with Gasteiger partial charge in [0.05, 0.1) is 5.41 Å². The van der Waals surface area contributed by atoms with Gasteiger partial charge in [-0.05, 0) is 108 Å². The Bertz CT molecular complexity index is 2280. The van der Waals surface area contributed by atoms with Crippen LogP contribution in [0.1, 0.15) is 38.9 Å². The van der Waals surface area contributed by atoms with Crippen molar-refractivity contribution in [3.8, 4) is 22.3 Å². The first-order valence-electron chi connectivity index (χ1n) is 15.1. The van der Waals surface area contributed by atoms with E-state index < -0.39 is 5.41 Å². The highest BCUT2D eigenvalue weighted by atomic mass is 35.5. The smallest absolute Gasteiger partial charge is 0.0731 e. The molecule has 1 heteroatoms. The first-order valence-corrected chi connectivity index (χ1v) is 15.5. The molecule has 0 saturated carbocycles. The van der Waals surface area contributed by atoms with E-state index in [0.29, 0.717) is 0 Å². The summed E-state index contributed by atoms with van der Waals surface area (Å²) in [6.07, 6.45) is 2.32. The topological polar surface area (TPSA) is 0 Å². The third kappa shape index (κ3) is 3.52. The quantitative estimate of drug-likeness (QED) is 0.183. The number of halogens is 1. The van der Waals surface area contributed by atoms with Crippen molar-refractivity contribution in [1.82, 2.24) is 0 Å². The van der Waals surface area contributed by atoms with E-state index in [9.17, 15) is 0 Å². The van der Waals surface area contributed by atoms with Crippen molar-refractivity contribution in [3.05, 3.63) is 202 Å². The molecule has 7 aromatic carbocycles. The van der Waals surface area contributed by atoms with E-state index in [4.69, 9.17) is 11.6 Å². The molecule has 44 heavy (non-hydrogen) atoms. The number of benzene rings is 7. The van der Waals surface area contributed by atoms with Gasteiger partial charge in [0, 0.05) is 5.02 Å². The van der Waals surface area contributed by atoms with Crippen molar-refractivity contribution < 1.29 is 0 Å². The van der Waals surface area contributed by atoms with E-state index in [1.807, 2.05) is 0 Å². The zero-order valence-electron chi connectivity index (χ0n) is 24.0. The lowest BCUT2D eigenvalue weighted by Crippen LogP contribution is -2.27. The third-order valence-electron chi connectivity index (χ3n) is 9.50. The summed E-state index contributed by atoms with van der Waals surface area (Å²) in [5.41, 5.74) is 14.5. The molecule has 7 aromatic rings. The van der Waals surface area contributed by atoms with Crippen LogP contribution in [0.3, 0.4) is 0 Å². The van der Waals surface area contributed by atoms with Crippen molar-refractivity contribution in [2.75, 3.05) is 0 Å². The highest BCUT2D eigenvalue weighted by Crippen LogP contribution is 2.65. The first-order chi connectivity index (χ1) is 21.7. The SMILES string of the molecule is Clc1cc(/C(=C/c2ccccc2)c2ccccc2)c2c(c1)-c1ccccc1C21c2ccccc2-c2cc3ccccc3cc21. The van der Waals surface area contributed by atoms with Crippen LogP contribution in [0.15, 0.2) is 158 Å². The number of fused-ring (bicyclic) bond motifs is 11. The Morgan fingerprint density at radius 2 is 1.05 bits per heavy atom. The Hall–Kier alpha value is -5.17. The van der Waals surface area contributed by atoms with E-state index in [1.165, 1.54) is 55.3 Å². The Morgan fingerprint density at radius 1 is 0.477 bits per heavy atom. The molecular formula is C43H27Cl. The van der Waals surface area contributed by atoms with Gasteiger partial charge in [0.15, 0.2) is 0 Å². The minimum Gasteiger partial charge on any atom is -0.0843 e. The molecule has 0 aliphatic heterocycles. The highest BCUT2D eigenvalue weighted by molar-refractivity contribution is 6.31. The molecule has 0 heterocycles. The Labute approximate surface area is 262 Å². The van der Waals surface area contributed by atoms with Crippen molar-refractivity contribution in [3.63, 3.8) is 0 Å². The van der Waals surface area contributed by atoms with Gasteiger partial charge in [0.25, 0.3) is 0 Å². The van der Waals surface area contributed by atoms with Crippen molar-refractivity contribution in [2.45, 2.75) is 5.41 Å². The summed E-state index contributed by atoms with van der Waals surface area (Å²) in [6, 6.07) is 57.2. The standard InChI is InChI=1S/C43H27Cl/c44-32-26-37-34-20-10-12-22-40(34)43(39-21-11-9-19-33(39)36-24-30-17-7-8-18-31(30)25-41(36)43)42(37)38(27-32)35(29-15-5-2-6-16-29)23-28-13-3-1-4-14-28/h1-27H/b35-23+.